The molecule has 1 aliphatic rings. The van der Waals surface area contributed by atoms with E-state index in [0.29, 0.717) is 24.2 Å². The van der Waals surface area contributed by atoms with Gasteiger partial charge in [-0.05, 0) is 54.8 Å². The summed E-state index contributed by atoms with van der Waals surface area (Å²) in [5, 5.41) is 8.69. The average Bonchev–Trinajstić information content (AvgIpc) is 3.02. The highest BCUT2D eigenvalue weighted by Gasteiger charge is 2.24. The molecule has 2 aromatic rings. The second-order valence-electron chi connectivity index (χ2n) is 6.24. The third-order valence-electron chi connectivity index (χ3n) is 4.32. The van der Waals surface area contributed by atoms with E-state index in [2.05, 4.69) is 4.72 Å². The number of carbonyl (C=O) groups excluding carboxylic acids is 1. The van der Waals surface area contributed by atoms with E-state index in [1.54, 1.807) is 48.2 Å². The number of hydrogen-bond acceptors (Lipinski definition) is 4. The van der Waals surface area contributed by atoms with Crippen molar-refractivity contribution in [1.29, 1.82) is 5.26 Å². The topological polar surface area (TPSA) is 90.3 Å². The number of carbonyl (C=O) groups is 1. The van der Waals surface area contributed by atoms with Crippen LogP contribution in [0.2, 0.25) is 0 Å². The van der Waals surface area contributed by atoms with Gasteiger partial charge < -0.3 is 4.90 Å². The first-order valence-corrected chi connectivity index (χ1v) is 9.79. The van der Waals surface area contributed by atoms with Crippen molar-refractivity contribution in [2.45, 2.75) is 31.1 Å². The SMILES string of the molecule is Cc1cc(N2CCCC2=O)ccc1S(=O)(=O)Nc1ccc(CC#N)cc1. The van der Waals surface area contributed by atoms with E-state index in [1.807, 2.05) is 6.07 Å². The molecule has 0 bridgehead atoms. The van der Waals surface area contributed by atoms with Gasteiger partial charge in [0.1, 0.15) is 0 Å². The van der Waals surface area contributed by atoms with Crippen molar-refractivity contribution >= 4 is 27.3 Å². The van der Waals surface area contributed by atoms with Crippen LogP contribution in [0.4, 0.5) is 11.4 Å². The number of nitrogens with one attached hydrogen (secondary N) is 1. The summed E-state index contributed by atoms with van der Waals surface area (Å²) in [6, 6.07) is 13.7. The van der Waals surface area contributed by atoms with Crippen LogP contribution in [0, 0.1) is 18.3 Å². The van der Waals surface area contributed by atoms with Gasteiger partial charge in [0.2, 0.25) is 5.91 Å². The summed E-state index contributed by atoms with van der Waals surface area (Å²) in [6.45, 7) is 2.38. The van der Waals surface area contributed by atoms with Crippen molar-refractivity contribution in [3.63, 3.8) is 0 Å². The number of anilines is 2. The molecule has 1 heterocycles. The lowest BCUT2D eigenvalue weighted by molar-refractivity contribution is -0.117. The Morgan fingerprint density at radius 2 is 1.92 bits per heavy atom. The molecule has 26 heavy (non-hydrogen) atoms. The van der Waals surface area contributed by atoms with Crippen LogP contribution in [0.5, 0.6) is 0 Å². The zero-order valence-electron chi connectivity index (χ0n) is 14.4. The van der Waals surface area contributed by atoms with E-state index in [0.717, 1.165) is 17.7 Å². The van der Waals surface area contributed by atoms with Crippen molar-refractivity contribution in [2.75, 3.05) is 16.2 Å². The maximum absolute atomic E-state index is 12.7. The number of amides is 1. The number of rotatable bonds is 5. The Morgan fingerprint density at radius 3 is 2.50 bits per heavy atom. The molecule has 1 N–H and O–H groups in total. The van der Waals surface area contributed by atoms with Gasteiger partial charge >= 0.3 is 0 Å². The molecule has 0 unspecified atom stereocenters. The number of benzene rings is 2. The maximum Gasteiger partial charge on any atom is 0.262 e. The van der Waals surface area contributed by atoms with Gasteiger partial charge in [-0.2, -0.15) is 5.26 Å². The number of sulfonamides is 1. The Labute approximate surface area is 153 Å². The first kappa shape index (κ1) is 18.0. The summed E-state index contributed by atoms with van der Waals surface area (Å²) in [4.78, 5) is 13.7. The molecule has 0 saturated carbocycles. The molecule has 0 atom stereocenters. The van der Waals surface area contributed by atoms with Crippen molar-refractivity contribution in [2.24, 2.45) is 0 Å². The molecule has 0 radical (unpaired) electrons. The number of nitrogens with zero attached hydrogens (tertiary/aromatic N) is 2. The lowest BCUT2D eigenvalue weighted by Gasteiger charge is -2.18. The smallest absolute Gasteiger partial charge is 0.262 e. The molecule has 1 fully saturated rings. The highest BCUT2D eigenvalue weighted by Crippen LogP contribution is 2.27. The maximum atomic E-state index is 12.7. The molecule has 1 amide bonds. The predicted molar refractivity (Wildman–Crippen MR) is 99.3 cm³/mol. The molecule has 2 aromatic carbocycles. The molecule has 0 aliphatic carbocycles. The summed E-state index contributed by atoms with van der Waals surface area (Å²) in [7, 11) is -3.74. The van der Waals surface area contributed by atoms with Crippen LogP contribution in [0.25, 0.3) is 0 Å². The Bertz CT molecular complexity index is 976. The van der Waals surface area contributed by atoms with Crippen LogP contribution in [0.15, 0.2) is 47.4 Å². The number of nitriles is 1. The molecular formula is C19H19N3O3S. The van der Waals surface area contributed by atoms with Crippen LogP contribution in [-0.2, 0) is 21.2 Å². The second kappa shape index (κ2) is 7.18. The van der Waals surface area contributed by atoms with Gasteiger partial charge in [-0.15, -0.1) is 0 Å². The van der Waals surface area contributed by atoms with Gasteiger partial charge in [0.05, 0.1) is 17.4 Å². The van der Waals surface area contributed by atoms with Crippen LogP contribution < -0.4 is 9.62 Å². The van der Waals surface area contributed by atoms with Crippen molar-refractivity contribution in [3.8, 4) is 6.07 Å². The van der Waals surface area contributed by atoms with Gasteiger partial charge in [-0.3, -0.25) is 9.52 Å². The molecule has 0 spiro atoms. The summed E-state index contributed by atoms with van der Waals surface area (Å²) < 4.78 is 27.9. The van der Waals surface area contributed by atoms with Crippen molar-refractivity contribution < 1.29 is 13.2 Å². The van der Waals surface area contributed by atoms with Crippen molar-refractivity contribution in [3.05, 3.63) is 53.6 Å². The van der Waals surface area contributed by atoms with Gasteiger partial charge in [0.15, 0.2) is 0 Å². The van der Waals surface area contributed by atoms with Crippen molar-refractivity contribution in [1.82, 2.24) is 0 Å². The highest BCUT2D eigenvalue weighted by molar-refractivity contribution is 7.92. The minimum atomic E-state index is -3.74. The Balaban J connectivity index is 1.82. The molecule has 3 rings (SSSR count). The van der Waals surface area contributed by atoms with Gasteiger partial charge in [0.25, 0.3) is 10.0 Å². The Kier molecular flexibility index (Phi) is 4.96. The molecule has 0 aromatic heterocycles. The lowest BCUT2D eigenvalue weighted by Crippen LogP contribution is -2.24. The van der Waals surface area contributed by atoms with E-state index in [4.69, 9.17) is 5.26 Å². The second-order valence-corrected chi connectivity index (χ2v) is 7.89. The van der Waals surface area contributed by atoms with E-state index in [-0.39, 0.29) is 17.2 Å². The average molecular weight is 369 g/mol. The van der Waals surface area contributed by atoms with Crippen LogP contribution in [-0.4, -0.2) is 20.9 Å². The Morgan fingerprint density at radius 1 is 1.19 bits per heavy atom. The third-order valence-corrected chi connectivity index (χ3v) is 5.86. The monoisotopic (exact) mass is 369 g/mol. The van der Waals surface area contributed by atoms with E-state index in [9.17, 15) is 13.2 Å². The van der Waals surface area contributed by atoms with E-state index < -0.39 is 10.0 Å². The summed E-state index contributed by atoms with van der Waals surface area (Å²) >= 11 is 0. The zero-order chi connectivity index (χ0) is 18.7. The molecule has 134 valence electrons. The fraction of sp³-hybridized carbons (Fsp3) is 0.263. The minimum Gasteiger partial charge on any atom is -0.312 e. The fourth-order valence-corrected chi connectivity index (χ4v) is 4.30. The van der Waals surface area contributed by atoms with E-state index >= 15 is 0 Å². The standard InChI is InChI=1S/C19H19N3O3S/c1-14-13-17(22-12-2-3-19(22)23)8-9-18(14)26(24,25)21-16-6-4-15(5-7-16)10-11-20/h4-9,13,21H,2-3,10,12H2,1H3. The van der Waals surface area contributed by atoms with E-state index in [1.165, 1.54) is 6.07 Å². The summed E-state index contributed by atoms with van der Waals surface area (Å²) in [5.41, 5.74) is 2.57. The van der Waals surface area contributed by atoms with Crippen LogP contribution >= 0.6 is 0 Å². The predicted octanol–water partition coefficient (Wildman–Crippen LogP) is 2.99. The molecular weight excluding hydrogens is 350 g/mol. The third kappa shape index (κ3) is 3.70. The first-order chi connectivity index (χ1) is 12.4. The first-order valence-electron chi connectivity index (χ1n) is 8.30. The highest BCUT2D eigenvalue weighted by atomic mass is 32.2. The minimum absolute atomic E-state index is 0.0654. The molecule has 7 heteroatoms. The Hall–Kier alpha value is -2.85. The number of hydrogen-bond donors (Lipinski definition) is 1. The zero-order valence-corrected chi connectivity index (χ0v) is 15.2. The van der Waals surface area contributed by atoms with Gasteiger partial charge in [0, 0.05) is 24.3 Å². The number of aryl methyl sites for hydroxylation is 1. The largest absolute Gasteiger partial charge is 0.312 e. The molecule has 1 aliphatic heterocycles. The lowest BCUT2D eigenvalue weighted by atomic mass is 10.1. The van der Waals surface area contributed by atoms with Crippen LogP contribution in [0.1, 0.15) is 24.0 Å². The molecule has 1 saturated heterocycles. The summed E-state index contributed by atoms with van der Waals surface area (Å²) in [5.74, 6) is 0.0654. The quantitative estimate of drug-likeness (QED) is 0.877. The molecule has 6 nitrogen and oxygen atoms in total. The summed E-state index contributed by atoms with van der Waals surface area (Å²) in [6.07, 6.45) is 1.63. The van der Waals surface area contributed by atoms with Crippen LogP contribution in [0.3, 0.4) is 0 Å². The van der Waals surface area contributed by atoms with Gasteiger partial charge in [-0.25, -0.2) is 8.42 Å². The van der Waals surface area contributed by atoms with Gasteiger partial charge in [-0.1, -0.05) is 12.1 Å². The normalized spacial score (nSPS) is 14.3. The fourth-order valence-electron chi connectivity index (χ4n) is 3.02.